The molecule has 1 amide bonds. The Kier molecular flexibility index (Phi) is 2.81. The summed E-state index contributed by atoms with van der Waals surface area (Å²) in [7, 11) is 0. The maximum absolute atomic E-state index is 12.6. The topological polar surface area (TPSA) is 57.6 Å². The Morgan fingerprint density at radius 1 is 1.32 bits per heavy atom. The molecule has 3 rings (SSSR count). The Hall–Kier alpha value is -1.84. The number of rotatable bonds is 3. The van der Waals surface area contributed by atoms with Gasteiger partial charge in [-0.1, -0.05) is 18.2 Å². The van der Waals surface area contributed by atoms with Crippen LogP contribution in [0.4, 0.5) is 0 Å². The maximum atomic E-state index is 12.6. The number of carbonyl (C=O) groups is 2. The number of carbonyl (C=O) groups excluding carboxylic acids is 1. The van der Waals surface area contributed by atoms with Crippen LogP contribution in [0.25, 0.3) is 0 Å². The fourth-order valence-corrected chi connectivity index (χ4v) is 3.29. The van der Waals surface area contributed by atoms with Crippen LogP contribution in [0.5, 0.6) is 0 Å². The first-order valence-electron chi connectivity index (χ1n) is 6.74. The van der Waals surface area contributed by atoms with Crippen LogP contribution in [0.3, 0.4) is 0 Å². The average molecular weight is 259 g/mol. The van der Waals surface area contributed by atoms with E-state index in [1.807, 2.05) is 29.2 Å². The van der Waals surface area contributed by atoms with Gasteiger partial charge in [-0.05, 0) is 37.3 Å². The van der Waals surface area contributed by atoms with Gasteiger partial charge in [-0.25, -0.2) is 0 Å². The summed E-state index contributed by atoms with van der Waals surface area (Å²) in [6, 6.07) is 7.63. The Morgan fingerprint density at radius 3 is 2.68 bits per heavy atom. The highest BCUT2D eigenvalue weighted by Crippen LogP contribution is 2.42. The van der Waals surface area contributed by atoms with Crippen molar-refractivity contribution in [1.29, 1.82) is 0 Å². The first-order valence-corrected chi connectivity index (χ1v) is 6.74. The summed E-state index contributed by atoms with van der Waals surface area (Å²) in [5, 5.41) is 9.09. The van der Waals surface area contributed by atoms with Crippen LogP contribution in [-0.2, 0) is 11.2 Å². The summed E-state index contributed by atoms with van der Waals surface area (Å²) < 4.78 is 0. The van der Waals surface area contributed by atoms with Gasteiger partial charge in [0.1, 0.15) is 0 Å². The van der Waals surface area contributed by atoms with Crippen LogP contribution in [-0.4, -0.2) is 34.0 Å². The molecule has 1 N–H and O–H groups in total. The van der Waals surface area contributed by atoms with Gasteiger partial charge in [0.15, 0.2) is 0 Å². The first-order chi connectivity index (χ1) is 9.12. The lowest BCUT2D eigenvalue weighted by Crippen LogP contribution is -2.59. The van der Waals surface area contributed by atoms with Crippen molar-refractivity contribution in [3.63, 3.8) is 0 Å². The van der Waals surface area contributed by atoms with Gasteiger partial charge >= 0.3 is 5.97 Å². The molecule has 0 aromatic heterocycles. The second-order valence-electron chi connectivity index (χ2n) is 5.51. The van der Waals surface area contributed by atoms with E-state index in [4.69, 9.17) is 5.11 Å². The Balaban J connectivity index is 1.91. The minimum absolute atomic E-state index is 0.00259. The molecule has 1 aliphatic heterocycles. The number of nitrogens with zero attached hydrogens (tertiary/aromatic N) is 1. The standard InChI is InChI=1S/C15H17NO3/c17-13(18)10-15(7-3-8-15)16-9-6-11-4-1-2-5-12(11)14(16)19/h1-2,4-5H,3,6-10H2,(H,17,18). The molecule has 1 aromatic carbocycles. The Labute approximate surface area is 112 Å². The van der Waals surface area contributed by atoms with Crippen LogP contribution in [0, 0.1) is 0 Å². The SMILES string of the molecule is O=C(O)CC1(N2CCc3ccccc3C2=O)CCC1. The van der Waals surface area contributed by atoms with Crippen LogP contribution in [0.15, 0.2) is 24.3 Å². The molecule has 100 valence electrons. The van der Waals surface area contributed by atoms with Crippen LogP contribution in [0.2, 0.25) is 0 Å². The second kappa shape index (κ2) is 4.37. The summed E-state index contributed by atoms with van der Waals surface area (Å²) in [5.74, 6) is -0.811. The smallest absolute Gasteiger partial charge is 0.305 e. The van der Waals surface area contributed by atoms with Gasteiger partial charge < -0.3 is 10.0 Å². The lowest BCUT2D eigenvalue weighted by atomic mass is 9.72. The molecule has 4 heteroatoms. The molecule has 0 radical (unpaired) electrons. The van der Waals surface area contributed by atoms with Crippen molar-refractivity contribution in [1.82, 2.24) is 4.90 Å². The monoisotopic (exact) mass is 259 g/mol. The third-order valence-electron chi connectivity index (χ3n) is 4.43. The zero-order valence-corrected chi connectivity index (χ0v) is 10.8. The molecule has 1 saturated carbocycles. The molecule has 0 unspecified atom stereocenters. The van der Waals surface area contributed by atoms with Crippen molar-refractivity contribution in [2.45, 2.75) is 37.6 Å². The fraction of sp³-hybridized carbons (Fsp3) is 0.467. The molecule has 4 nitrogen and oxygen atoms in total. The second-order valence-corrected chi connectivity index (χ2v) is 5.51. The van der Waals surface area contributed by atoms with Crippen molar-refractivity contribution in [3.8, 4) is 0 Å². The lowest BCUT2D eigenvalue weighted by Gasteiger charge is -2.51. The van der Waals surface area contributed by atoms with Crippen molar-refractivity contribution in [2.75, 3.05) is 6.54 Å². The lowest BCUT2D eigenvalue weighted by molar-refractivity contribution is -0.141. The van der Waals surface area contributed by atoms with Crippen molar-refractivity contribution in [2.24, 2.45) is 0 Å². The van der Waals surface area contributed by atoms with Gasteiger partial charge in [0, 0.05) is 12.1 Å². The van der Waals surface area contributed by atoms with Crippen LogP contribution in [0.1, 0.15) is 41.6 Å². The van der Waals surface area contributed by atoms with E-state index in [1.165, 1.54) is 0 Å². The third kappa shape index (κ3) is 1.91. The molecule has 0 atom stereocenters. The van der Waals surface area contributed by atoms with Gasteiger partial charge in [-0.15, -0.1) is 0 Å². The molecule has 1 heterocycles. The zero-order chi connectivity index (χ0) is 13.5. The fourth-order valence-electron chi connectivity index (χ4n) is 3.29. The van der Waals surface area contributed by atoms with Crippen molar-refractivity contribution >= 4 is 11.9 Å². The number of benzene rings is 1. The van der Waals surface area contributed by atoms with Gasteiger partial charge in [-0.3, -0.25) is 9.59 Å². The molecule has 2 aliphatic rings. The molecule has 0 saturated heterocycles. The van der Waals surface area contributed by atoms with E-state index in [-0.39, 0.29) is 12.3 Å². The van der Waals surface area contributed by atoms with E-state index in [1.54, 1.807) is 0 Å². The van der Waals surface area contributed by atoms with Crippen LogP contribution < -0.4 is 0 Å². The van der Waals surface area contributed by atoms with Gasteiger partial charge in [-0.2, -0.15) is 0 Å². The van der Waals surface area contributed by atoms with Crippen molar-refractivity contribution < 1.29 is 14.7 Å². The summed E-state index contributed by atoms with van der Waals surface area (Å²) >= 11 is 0. The van der Waals surface area contributed by atoms with Gasteiger partial charge in [0.2, 0.25) is 0 Å². The summed E-state index contributed by atoms with van der Waals surface area (Å²) in [6.45, 7) is 0.642. The summed E-state index contributed by atoms with van der Waals surface area (Å²) in [5.41, 5.74) is 1.38. The summed E-state index contributed by atoms with van der Waals surface area (Å²) in [6.07, 6.45) is 3.53. The third-order valence-corrected chi connectivity index (χ3v) is 4.43. The van der Waals surface area contributed by atoms with Gasteiger partial charge in [0.25, 0.3) is 5.91 Å². The number of fused-ring (bicyclic) bond motifs is 1. The normalized spacial score (nSPS) is 20.6. The molecule has 1 aliphatic carbocycles. The molecule has 1 fully saturated rings. The van der Waals surface area contributed by atoms with E-state index in [0.29, 0.717) is 6.54 Å². The van der Waals surface area contributed by atoms with Crippen LogP contribution >= 0.6 is 0 Å². The number of carboxylic acid groups (broad SMARTS) is 1. The van der Waals surface area contributed by atoms with E-state index in [0.717, 1.165) is 36.8 Å². The minimum Gasteiger partial charge on any atom is -0.481 e. The highest BCUT2D eigenvalue weighted by atomic mass is 16.4. The number of amides is 1. The largest absolute Gasteiger partial charge is 0.481 e. The van der Waals surface area contributed by atoms with Gasteiger partial charge in [0.05, 0.1) is 12.0 Å². The van der Waals surface area contributed by atoms with E-state index < -0.39 is 11.5 Å². The molecule has 19 heavy (non-hydrogen) atoms. The Bertz CT molecular complexity index is 534. The number of aliphatic carboxylic acids is 1. The van der Waals surface area contributed by atoms with E-state index in [9.17, 15) is 9.59 Å². The highest BCUT2D eigenvalue weighted by Gasteiger charge is 2.47. The van der Waals surface area contributed by atoms with E-state index >= 15 is 0 Å². The highest BCUT2D eigenvalue weighted by molar-refractivity contribution is 5.97. The zero-order valence-electron chi connectivity index (χ0n) is 10.8. The number of carboxylic acids is 1. The predicted octanol–water partition coefficient (Wildman–Crippen LogP) is 2.08. The molecular formula is C15H17NO3. The quantitative estimate of drug-likeness (QED) is 0.904. The number of hydrogen-bond donors (Lipinski definition) is 1. The Morgan fingerprint density at radius 2 is 2.05 bits per heavy atom. The average Bonchev–Trinajstić information content (AvgIpc) is 2.35. The molecule has 0 bridgehead atoms. The number of hydrogen-bond acceptors (Lipinski definition) is 2. The summed E-state index contributed by atoms with van der Waals surface area (Å²) in [4.78, 5) is 25.4. The van der Waals surface area contributed by atoms with Crippen molar-refractivity contribution in [3.05, 3.63) is 35.4 Å². The first kappa shape index (κ1) is 12.2. The maximum Gasteiger partial charge on any atom is 0.305 e. The predicted molar refractivity (Wildman–Crippen MR) is 70.0 cm³/mol. The molecule has 0 spiro atoms. The molecular weight excluding hydrogens is 242 g/mol. The molecule has 1 aromatic rings. The van der Waals surface area contributed by atoms with E-state index in [2.05, 4.69) is 0 Å². The minimum atomic E-state index is -0.814.